The molecule has 0 bridgehead atoms. The lowest BCUT2D eigenvalue weighted by molar-refractivity contribution is -0.117. The zero-order valence-corrected chi connectivity index (χ0v) is 19.9. The Bertz CT molecular complexity index is 1330. The molecule has 1 saturated carbocycles. The largest absolute Gasteiger partial charge is 0.329 e. The van der Waals surface area contributed by atoms with Crippen molar-refractivity contribution in [2.75, 3.05) is 18.4 Å². The number of nitrogens with one attached hydrogen (secondary N) is 1. The fraction of sp³-hybridized carbons (Fsp3) is 0.179. The van der Waals surface area contributed by atoms with Crippen molar-refractivity contribution in [3.8, 4) is 16.9 Å². The molecule has 1 aromatic heterocycles. The highest BCUT2D eigenvalue weighted by molar-refractivity contribution is 6.33. The first-order valence-electron chi connectivity index (χ1n) is 11.6. The van der Waals surface area contributed by atoms with Crippen molar-refractivity contribution in [1.82, 2.24) is 14.5 Å². The molecule has 0 unspecified atom stereocenters. The number of nitrogens with zero attached hydrogens (tertiary/aromatic N) is 3. The van der Waals surface area contributed by atoms with Crippen LogP contribution in [0.25, 0.3) is 16.9 Å². The van der Waals surface area contributed by atoms with Gasteiger partial charge in [0.15, 0.2) is 0 Å². The predicted octanol–water partition coefficient (Wildman–Crippen LogP) is 5.68. The van der Waals surface area contributed by atoms with Gasteiger partial charge >= 0.3 is 0 Å². The van der Waals surface area contributed by atoms with E-state index in [1.165, 1.54) is 0 Å². The van der Waals surface area contributed by atoms with Gasteiger partial charge in [-0.3, -0.25) is 19.5 Å². The van der Waals surface area contributed by atoms with Crippen LogP contribution in [0.3, 0.4) is 0 Å². The minimum atomic E-state index is -0.312. The van der Waals surface area contributed by atoms with Crippen molar-refractivity contribution < 1.29 is 9.59 Å². The lowest BCUT2D eigenvalue weighted by Crippen LogP contribution is -2.39. The normalized spacial score (nSPS) is 12.8. The van der Waals surface area contributed by atoms with Crippen LogP contribution in [0.2, 0.25) is 5.02 Å². The monoisotopic (exact) mass is 484 g/mol. The summed E-state index contributed by atoms with van der Waals surface area (Å²) in [5.74, 6) is 0.268. The Morgan fingerprint density at radius 1 is 0.943 bits per heavy atom. The van der Waals surface area contributed by atoms with Crippen LogP contribution in [0.1, 0.15) is 23.2 Å². The lowest BCUT2D eigenvalue weighted by Gasteiger charge is -2.22. The Hall–Kier alpha value is -3.90. The SMILES string of the molecule is O=C(CN(CC1CC1)C(=O)c1ccccc1Cl)Nc1nc(-c2ccccc2)cn1-c1ccccc1. The molecule has 0 radical (unpaired) electrons. The van der Waals surface area contributed by atoms with E-state index < -0.39 is 0 Å². The number of amides is 2. The number of hydrogen-bond acceptors (Lipinski definition) is 3. The Balaban J connectivity index is 1.40. The van der Waals surface area contributed by atoms with Crippen molar-refractivity contribution in [2.24, 2.45) is 5.92 Å². The van der Waals surface area contributed by atoms with Crippen LogP contribution in [0.5, 0.6) is 0 Å². The number of imidazole rings is 1. The third kappa shape index (κ3) is 5.44. The van der Waals surface area contributed by atoms with Gasteiger partial charge in [-0.15, -0.1) is 0 Å². The Labute approximate surface area is 209 Å². The van der Waals surface area contributed by atoms with Gasteiger partial charge in [0.2, 0.25) is 11.9 Å². The summed E-state index contributed by atoms with van der Waals surface area (Å²) in [5.41, 5.74) is 2.97. The highest BCUT2D eigenvalue weighted by Gasteiger charge is 2.29. The predicted molar refractivity (Wildman–Crippen MR) is 138 cm³/mol. The highest BCUT2D eigenvalue weighted by Crippen LogP contribution is 2.31. The Morgan fingerprint density at radius 2 is 1.60 bits per heavy atom. The molecule has 0 spiro atoms. The van der Waals surface area contributed by atoms with Crippen LogP contribution >= 0.6 is 11.6 Å². The molecule has 1 aliphatic rings. The molecular weight excluding hydrogens is 460 g/mol. The summed E-state index contributed by atoms with van der Waals surface area (Å²) in [6.07, 6.45) is 4.02. The first kappa shape index (κ1) is 22.9. The molecule has 1 fully saturated rings. The van der Waals surface area contributed by atoms with E-state index >= 15 is 0 Å². The quantitative estimate of drug-likeness (QED) is 0.349. The maximum atomic E-state index is 13.2. The van der Waals surface area contributed by atoms with Gasteiger partial charge in [0, 0.05) is 24.0 Å². The first-order chi connectivity index (χ1) is 17.1. The van der Waals surface area contributed by atoms with Gasteiger partial charge in [0.1, 0.15) is 6.54 Å². The fourth-order valence-electron chi connectivity index (χ4n) is 3.98. The number of benzene rings is 3. The molecule has 1 N–H and O–H groups in total. The first-order valence-corrected chi connectivity index (χ1v) is 12.0. The smallest absolute Gasteiger partial charge is 0.255 e. The molecule has 4 aromatic rings. The highest BCUT2D eigenvalue weighted by atomic mass is 35.5. The number of halogens is 1. The van der Waals surface area contributed by atoms with E-state index in [1.807, 2.05) is 71.4 Å². The number of hydrogen-bond donors (Lipinski definition) is 1. The van der Waals surface area contributed by atoms with Crippen LogP contribution in [-0.4, -0.2) is 39.4 Å². The molecule has 176 valence electrons. The number of carbonyl (C=O) groups excluding carboxylic acids is 2. The Kier molecular flexibility index (Phi) is 6.64. The summed E-state index contributed by atoms with van der Waals surface area (Å²) in [5, 5.41) is 3.31. The van der Waals surface area contributed by atoms with E-state index in [0.717, 1.165) is 29.8 Å². The molecule has 2 amide bonds. The fourth-order valence-corrected chi connectivity index (χ4v) is 4.19. The molecule has 1 heterocycles. The molecule has 6 nitrogen and oxygen atoms in total. The van der Waals surface area contributed by atoms with Crippen molar-refractivity contribution >= 4 is 29.4 Å². The van der Waals surface area contributed by atoms with Crippen LogP contribution in [0.4, 0.5) is 5.95 Å². The molecule has 1 aliphatic carbocycles. The topological polar surface area (TPSA) is 67.2 Å². The van der Waals surface area contributed by atoms with Crippen molar-refractivity contribution in [1.29, 1.82) is 0 Å². The third-order valence-corrected chi connectivity index (χ3v) is 6.29. The lowest BCUT2D eigenvalue weighted by atomic mass is 10.2. The maximum absolute atomic E-state index is 13.2. The molecule has 5 rings (SSSR count). The second kappa shape index (κ2) is 10.2. The van der Waals surface area contributed by atoms with Gasteiger partial charge in [-0.25, -0.2) is 4.98 Å². The van der Waals surface area contributed by atoms with E-state index in [4.69, 9.17) is 16.6 Å². The molecule has 0 saturated heterocycles. The second-order valence-electron chi connectivity index (χ2n) is 8.68. The molecule has 0 atom stereocenters. The standard InChI is InChI=1S/C28H25ClN4O2/c29-24-14-8-7-13-23(24)27(35)32(17-20-15-16-20)19-26(34)31-28-30-25(21-9-3-1-4-10-21)18-33(28)22-11-5-2-6-12-22/h1-14,18,20H,15-17,19H2,(H,30,31,34). The summed E-state index contributed by atoms with van der Waals surface area (Å²) in [6.45, 7) is 0.447. The van der Waals surface area contributed by atoms with E-state index in [0.29, 0.717) is 29.0 Å². The zero-order chi connectivity index (χ0) is 24.2. The molecule has 0 aliphatic heterocycles. The van der Waals surface area contributed by atoms with E-state index in [-0.39, 0.29) is 18.4 Å². The summed E-state index contributed by atoms with van der Waals surface area (Å²) in [4.78, 5) is 32.7. The van der Waals surface area contributed by atoms with Crippen LogP contribution in [0.15, 0.2) is 91.1 Å². The number of aromatic nitrogens is 2. The number of rotatable bonds is 8. The second-order valence-corrected chi connectivity index (χ2v) is 9.09. The minimum absolute atomic E-state index is 0.0805. The maximum Gasteiger partial charge on any atom is 0.255 e. The molecular formula is C28H25ClN4O2. The van der Waals surface area contributed by atoms with Crippen molar-refractivity contribution in [3.05, 3.63) is 102 Å². The number of carbonyl (C=O) groups is 2. The average Bonchev–Trinajstić information content (AvgIpc) is 3.61. The summed E-state index contributed by atoms with van der Waals surface area (Å²) < 4.78 is 1.85. The summed E-state index contributed by atoms with van der Waals surface area (Å²) >= 11 is 6.27. The van der Waals surface area contributed by atoms with Gasteiger partial charge < -0.3 is 4.90 Å². The Morgan fingerprint density at radius 3 is 2.29 bits per heavy atom. The molecule has 35 heavy (non-hydrogen) atoms. The van der Waals surface area contributed by atoms with Crippen LogP contribution in [-0.2, 0) is 4.79 Å². The number of para-hydroxylation sites is 1. The minimum Gasteiger partial charge on any atom is -0.329 e. The summed E-state index contributed by atoms with van der Waals surface area (Å²) in [7, 11) is 0. The zero-order valence-electron chi connectivity index (χ0n) is 19.1. The summed E-state index contributed by atoms with van der Waals surface area (Å²) in [6, 6.07) is 26.4. The third-order valence-electron chi connectivity index (χ3n) is 5.96. The van der Waals surface area contributed by atoms with Crippen LogP contribution < -0.4 is 5.32 Å². The molecule has 3 aromatic carbocycles. The van der Waals surface area contributed by atoms with E-state index in [9.17, 15) is 9.59 Å². The van der Waals surface area contributed by atoms with E-state index in [2.05, 4.69) is 5.32 Å². The van der Waals surface area contributed by atoms with Gasteiger partial charge in [0.05, 0.1) is 16.3 Å². The van der Waals surface area contributed by atoms with Crippen LogP contribution in [0, 0.1) is 5.92 Å². The van der Waals surface area contributed by atoms with E-state index in [1.54, 1.807) is 29.2 Å². The molecule has 7 heteroatoms. The van der Waals surface area contributed by atoms with Gasteiger partial charge in [0.25, 0.3) is 5.91 Å². The van der Waals surface area contributed by atoms with Gasteiger partial charge in [-0.05, 0) is 43.0 Å². The van der Waals surface area contributed by atoms with Crippen molar-refractivity contribution in [3.63, 3.8) is 0 Å². The van der Waals surface area contributed by atoms with Crippen molar-refractivity contribution in [2.45, 2.75) is 12.8 Å². The van der Waals surface area contributed by atoms with Gasteiger partial charge in [-0.2, -0.15) is 0 Å². The average molecular weight is 485 g/mol. The number of anilines is 1. The van der Waals surface area contributed by atoms with Gasteiger partial charge in [-0.1, -0.05) is 72.3 Å².